The highest BCUT2D eigenvalue weighted by molar-refractivity contribution is 9.10. The van der Waals surface area contributed by atoms with E-state index in [1.807, 2.05) is 31.4 Å². The third-order valence-corrected chi connectivity index (χ3v) is 4.11. The van der Waals surface area contributed by atoms with E-state index >= 15 is 0 Å². The van der Waals surface area contributed by atoms with E-state index in [9.17, 15) is 4.79 Å². The zero-order valence-electron chi connectivity index (χ0n) is 12.0. The second-order valence-electron chi connectivity index (χ2n) is 4.33. The Morgan fingerprint density at radius 2 is 2.24 bits per heavy atom. The maximum Gasteiger partial charge on any atom is 0.344 e. The number of anilines is 1. The van der Waals surface area contributed by atoms with E-state index in [1.54, 1.807) is 11.6 Å². The number of esters is 1. The number of carbonyl (C=O) groups is 1. The number of hydrogen-bond acceptors (Lipinski definition) is 5. The smallest absolute Gasteiger partial charge is 0.344 e. The summed E-state index contributed by atoms with van der Waals surface area (Å²) < 4.78 is 7.62. The van der Waals surface area contributed by atoms with Crippen LogP contribution in [-0.2, 0) is 4.74 Å². The van der Waals surface area contributed by atoms with Crippen molar-refractivity contribution in [3.8, 4) is 5.69 Å². The Morgan fingerprint density at radius 1 is 1.52 bits per heavy atom. The van der Waals surface area contributed by atoms with Crippen molar-refractivity contribution in [1.82, 2.24) is 9.78 Å². The maximum absolute atomic E-state index is 12.1. The molecule has 0 aliphatic carbocycles. The van der Waals surface area contributed by atoms with Crippen molar-refractivity contribution in [3.63, 3.8) is 0 Å². The first-order chi connectivity index (χ1) is 9.99. The SMILES string of the molecule is CCOC(=O)c1c(SC)nn(-c2ccc(Br)cc2C)c1N. The molecule has 0 saturated heterocycles. The van der Waals surface area contributed by atoms with Crippen LogP contribution in [0, 0.1) is 6.92 Å². The highest BCUT2D eigenvalue weighted by atomic mass is 79.9. The summed E-state index contributed by atoms with van der Waals surface area (Å²) in [5.41, 5.74) is 8.29. The molecule has 1 aromatic heterocycles. The minimum absolute atomic E-state index is 0.295. The van der Waals surface area contributed by atoms with Gasteiger partial charge < -0.3 is 10.5 Å². The lowest BCUT2D eigenvalue weighted by Gasteiger charge is -2.08. The van der Waals surface area contributed by atoms with Crippen LogP contribution in [0.15, 0.2) is 27.7 Å². The highest BCUT2D eigenvalue weighted by Crippen LogP contribution is 2.29. The quantitative estimate of drug-likeness (QED) is 0.660. The maximum atomic E-state index is 12.1. The van der Waals surface area contributed by atoms with Crippen LogP contribution >= 0.6 is 27.7 Å². The monoisotopic (exact) mass is 369 g/mol. The number of carbonyl (C=O) groups excluding carboxylic acids is 1. The second kappa shape index (κ2) is 6.53. The van der Waals surface area contributed by atoms with Gasteiger partial charge in [0, 0.05) is 4.47 Å². The van der Waals surface area contributed by atoms with Gasteiger partial charge in [-0.1, -0.05) is 15.9 Å². The molecule has 0 unspecified atom stereocenters. The van der Waals surface area contributed by atoms with Crippen molar-refractivity contribution in [2.24, 2.45) is 0 Å². The molecule has 112 valence electrons. The Kier molecular flexibility index (Phi) is 4.95. The molecule has 0 saturated carbocycles. The zero-order chi connectivity index (χ0) is 15.6. The number of aromatic nitrogens is 2. The van der Waals surface area contributed by atoms with E-state index in [0.717, 1.165) is 15.7 Å². The number of nitrogen functional groups attached to an aromatic ring is 1. The van der Waals surface area contributed by atoms with Gasteiger partial charge >= 0.3 is 5.97 Å². The number of ether oxygens (including phenoxy) is 1. The Bertz CT molecular complexity index is 685. The van der Waals surface area contributed by atoms with Crippen molar-refractivity contribution >= 4 is 39.5 Å². The Morgan fingerprint density at radius 3 is 2.81 bits per heavy atom. The molecule has 0 aliphatic rings. The van der Waals surface area contributed by atoms with Crippen molar-refractivity contribution in [1.29, 1.82) is 0 Å². The van der Waals surface area contributed by atoms with Gasteiger partial charge in [-0.25, -0.2) is 9.48 Å². The molecule has 0 spiro atoms. The van der Waals surface area contributed by atoms with Crippen molar-refractivity contribution in [2.75, 3.05) is 18.6 Å². The fourth-order valence-electron chi connectivity index (χ4n) is 1.99. The van der Waals surface area contributed by atoms with Gasteiger partial charge in [0.2, 0.25) is 0 Å². The van der Waals surface area contributed by atoms with Gasteiger partial charge in [0.15, 0.2) is 0 Å². The van der Waals surface area contributed by atoms with E-state index in [1.165, 1.54) is 11.8 Å². The van der Waals surface area contributed by atoms with Crippen LogP contribution in [0.3, 0.4) is 0 Å². The van der Waals surface area contributed by atoms with E-state index in [2.05, 4.69) is 21.0 Å². The van der Waals surface area contributed by atoms with Gasteiger partial charge in [0.05, 0.1) is 12.3 Å². The standard InChI is InChI=1S/C14H16BrN3O2S/c1-4-20-14(19)11-12(16)18(17-13(11)21-3)10-6-5-9(15)7-8(10)2/h5-7H,4,16H2,1-3H3. The highest BCUT2D eigenvalue weighted by Gasteiger charge is 2.24. The predicted octanol–water partition coefficient (Wildman–Crippen LogP) is 3.42. The normalized spacial score (nSPS) is 10.7. The molecule has 21 heavy (non-hydrogen) atoms. The molecule has 2 aromatic rings. The van der Waals surface area contributed by atoms with Crippen molar-refractivity contribution < 1.29 is 9.53 Å². The number of rotatable bonds is 4. The lowest BCUT2D eigenvalue weighted by molar-refractivity contribution is 0.0523. The molecular formula is C14H16BrN3O2S. The molecule has 0 radical (unpaired) electrons. The second-order valence-corrected chi connectivity index (χ2v) is 6.04. The van der Waals surface area contributed by atoms with Crippen LogP contribution in [0.2, 0.25) is 0 Å². The molecule has 7 heteroatoms. The Balaban J connectivity index is 2.58. The summed E-state index contributed by atoms with van der Waals surface area (Å²) in [5, 5.41) is 4.99. The van der Waals surface area contributed by atoms with Gasteiger partial charge in [-0.3, -0.25) is 0 Å². The molecule has 2 N–H and O–H groups in total. The number of halogens is 1. The average molecular weight is 370 g/mol. The molecule has 5 nitrogen and oxygen atoms in total. The third kappa shape index (κ3) is 3.08. The van der Waals surface area contributed by atoms with Crippen LogP contribution in [0.1, 0.15) is 22.8 Å². The zero-order valence-corrected chi connectivity index (χ0v) is 14.4. The van der Waals surface area contributed by atoms with Crippen molar-refractivity contribution in [3.05, 3.63) is 33.8 Å². The van der Waals surface area contributed by atoms with Gasteiger partial charge in [-0.15, -0.1) is 11.8 Å². The summed E-state index contributed by atoms with van der Waals surface area (Å²) in [6.45, 7) is 4.02. The first-order valence-corrected chi connectivity index (χ1v) is 8.37. The lowest BCUT2D eigenvalue weighted by atomic mass is 10.2. The number of thioether (sulfide) groups is 1. The molecule has 0 bridgehead atoms. The first-order valence-electron chi connectivity index (χ1n) is 6.35. The molecule has 0 amide bonds. The predicted molar refractivity (Wildman–Crippen MR) is 88.2 cm³/mol. The van der Waals surface area contributed by atoms with Crippen molar-refractivity contribution in [2.45, 2.75) is 18.9 Å². The Labute approximate surface area is 136 Å². The summed E-state index contributed by atoms with van der Waals surface area (Å²) >= 11 is 4.79. The summed E-state index contributed by atoms with van der Waals surface area (Å²) in [5.74, 6) is -0.149. The summed E-state index contributed by atoms with van der Waals surface area (Å²) in [4.78, 5) is 12.1. The third-order valence-electron chi connectivity index (χ3n) is 2.95. The molecule has 1 heterocycles. The van der Waals surface area contributed by atoms with Gasteiger partial charge in [0.1, 0.15) is 16.4 Å². The number of nitrogens with zero attached hydrogens (tertiary/aromatic N) is 2. The average Bonchev–Trinajstić information content (AvgIpc) is 2.76. The number of aryl methyl sites for hydroxylation is 1. The minimum Gasteiger partial charge on any atom is -0.462 e. The molecular weight excluding hydrogens is 354 g/mol. The van der Waals surface area contributed by atoms with E-state index in [4.69, 9.17) is 10.5 Å². The van der Waals surface area contributed by atoms with Gasteiger partial charge in [-0.2, -0.15) is 5.10 Å². The van der Waals surface area contributed by atoms with Crippen LogP contribution < -0.4 is 5.73 Å². The summed E-state index contributed by atoms with van der Waals surface area (Å²) in [6.07, 6.45) is 1.85. The molecule has 0 atom stereocenters. The Hall–Kier alpha value is -1.47. The molecule has 0 fully saturated rings. The molecule has 1 aromatic carbocycles. The van der Waals surface area contributed by atoms with Crippen LogP contribution in [0.25, 0.3) is 5.69 Å². The minimum atomic E-state index is -0.444. The number of benzene rings is 1. The number of hydrogen-bond donors (Lipinski definition) is 1. The fourth-order valence-corrected chi connectivity index (χ4v) is 3.02. The number of nitrogens with two attached hydrogens (primary N) is 1. The lowest BCUT2D eigenvalue weighted by Crippen LogP contribution is -2.09. The van der Waals surface area contributed by atoms with Crippen LogP contribution in [0.4, 0.5) is 5.82 Å². The summed E-state index contributed by atoms with van der Waals surface area (Å²) in [6, 6.07) is 5.79. The van der Waals surface area contributed by atoms with E-state index in [-0.39, 0.29) is 0 Å². The van der Waals surface area contributed by atoms with Gasteiger partial charge in [-0.05, 0) is 43.9 Å². The first kappa shape index (κ1) is 15.9. The van der Waals surface area contributed by atoms with E-state index < -0.39 is 5.97 Å². The largest absolute Gasteiger partial charge is 0.462 e. The van der Waals surface area contributed by atoms with Gasteiger partial charge in [0.25, 0.3) is 0 Å². The summed E-state index contributed by atoms with van der Waals surface area (Å²) in [7, 11) is 0. The topological polar surface area (TPSA) is 70.1 Å². The van der Waals surface area contributed by atoms with Crippen LogP contribution in [0.5, 0.6) is 0 Å². The van der Waals surface area contributed by atoms with E-state index in [0.29, 0.717) is 23.0 Å². The molecule has 0 aliphatic heterocycles. The van der Waals surface area contributed by atoms with Crippen LogP contribution in [-0.4, -0.2) is 28.6 Å². The fraction of sp³-hybridized carbons (Fsp3) is 0.286. The molecule has 2 rings (SSSR count).